The number of hydrogen-bond acceptors (Lipinski definition) is 2. The number of rotatable bonds is 2. The van der Waals surface area contributed by atoms with E-state index in [0.717, 1.165) is 0 Å². The fraction of sp³-hybridized carbons (Fsp3) is 0. The first-order valence-corrected chi connectivity index (χ1v) is 7.84. The first kappa shape index (κ1) is 16.8. The SMILES string of the molecule is Oc1ccc(Cl)cc1C(=C(Cl)Cl)c1cc(Cl)cc(Br)c1O. The van der Waals surface area contributed by atoms with Crippen molar-refractivity contribution in [2.24, 2.45) is 0 Å². The van der Waals surface area contributed by atoms with Crippen LogP contribution in [0.2, 0.25) is 10.0 Å². The lowest BCUT2D eigenvalue weighted by molar-refractivity contribution is 0.469. The Labute approximate surface area is 149 Å². The summed E-state index contributed by atoms with van der Waals surface area (Å²) in [7, 11) is 0. The zero-order valence-electron chi connectivity index (χ0n) is 10.2. The zero-order chi connectivity index (χ0) is 15.7. The molecule has 21 heavy (non-hydrogen) atoms. The van der Waals surface area contributed by atoms with Crippen LogP contribution < -0.4 is 0 Å². The van der Waals surface area contributed by atoms with Crippen molar-refractivity contribution in [2.45, 2.75) is 0 Å². The van der Waals surface area contributed by atoms with Crippen LogP contribution in [0.15, 0.2) is 39.3 Å². The molecule has 7 heteroatoms. The van der Waals surface area contributed by atoms with E-state index in [1.54, 1.807) is 0 Å². The van der Waals surface area contributed by atoms with Gasteiger partial charge in [-0.05, 0) is 46.3 Å². The van der Waals surface area contributed by atoms with E-state index in [1.165, 1.54) is 30.3 Å². The number of benzene rings is 2. The van der Waals surface area contributed by atoms with Gasteiger partial charge in [0.05, 0.1) is 4.47 Å². The summed E-state index contributed by atoms with van der Waals surface area (Å²) in [5.74, 6) is -0.184. The molecule has 0 spiro atoms. The molecule has 0 amide bonds. The average Bonchev–Trinajstić information content (AvgIpc) is 2.39. The smallest absolute Gasteiger partial charge is 0.137 e. The molecular weight excluding hydrogens is 422 g/mol. The maximum atomic E-state index is 10.2. The van der Waals surface area contributed by atoms with Crippen molar-refractivity contribution >= 4 is 67.9 Å². The summed E-state index contributed by atoms with van der Waals surface area (Å²) in [4.78, 5) is 0. The van der Waals surface area contributed by atoms with E-state index in [4.69, 9.17) is 46.4 Å². The molecule has 0 unspecified atom stereocenters. The van der Waals surface area contributed by atoms with Gasteiger partial charge in [0.15, 0.2) is 0 Å². The van der Waals surface area contributed by atoms with Crippen LogP contribution in [0.5, 0.6) is 11.5 Å². The van der Waals surface area contributed by atoms with Crippen LogP contribution in [0.4, 0.5) is 0 Å². The minimum Gasteiger partial charge on any atom is -0.507 e. The molecule has 2 N–H and O–H groups in total. The van der Waals surface area contributed by atoms with E-state index in [2.05, 4.69) is 15.9 Å². The van der Waals surface area contributed by atoms with Crippen molar-refractivity contribution < 1.29 is 10.2 Å². The molecule has 2 nitrogen and oxygen atoms in total. The normalized spacial score (nSPS) is 10.5. The summed E-state index contributed by atoms with van der Waals surface area (Å²) in [6.45, 7) is 0. The number of phenolic OH excluding ortho intramolecular Hbond substituents is 2. The third kappa shape index (κ3) is 3.61. The summed E-state index contributed by atoms with van der Waals surface area (Å²) in [5.41, 5.74) is 0.776. The molecule has 0 aromatic heterocycles. The first-order chi connectivity index (χ1) is 9.81. The third-order valence-electron chi connectivity index (χ3n) is 2.71. The number of aromatic hydroxyl groups is 2. The van der Waals surface area contributed by atoms with Crippen molar-refractivity contribution in [1.82, 2.24) is 0 Å². The fourth-order valence-corrected chi connectivity index (χ4v) is 3.20. The van der Waals surface area contributed by atoms with Crippen LogP contribution in [-0.2, 0) is 0 Å². The molecule has 110 valence electrons. The van der Waals surface area contributed by atoms with Crippen LogP contribution in [0, 0.1) is 0 Å². The van der Waals surface area contributed by atoms with Crippen molar-refractivity contribution in [3.8, 4) is 11.5 Å². The van der Waals surface area contributed by atoms with Crippen LogP contribution in [-0.4, -0.2) is 10.2 Å². The van der Waals surface area contributed by atoms with E-state index >= 15 is 0 Å². The van der Waals surface area contributed by atoms with Crippen molar-refractivity contribution in [3.05, 3.63) is 60.5 Å². The lowest BCUT2D eigenvalue weighted by atomic mass is 9.98. The Bertz CT molecular complexity index is 740. The maximum Gasteiger partial charge on any atom is 0.137 e. The summed E-state index contributed by atoms with van der Waals surface area (Å²) >= 11 is 27.0. The summed E-state index contributed by atoms with van der Waals surface area (Å²) in [5, 5.41) is 20.9. The second kappa shape index (κ2) is 6.67. The van der Waals surface area contributed by atoms with E-state index in [1.807, 2.05) is 0 Å². The summed E-state index contributed by atoms with van der Waals surface area (Å²) < 4.78 is 0.232. The second-order valence-electron chi connectivity index (χ2n) is 4.08. The van der Waals surface area contributed by atoms with E-state index < -0.39 is 0 Å². The fourth-order valence-electron chi connectivity index (χ4n) is 1.81. The van der Waals surface area contributed by atoms with E-state index in [9.17, 15) is 10.2 Å². The minimum absolute atomic E-state index is 0.0799. The minimum atomic E-state index is -0.142. The lowest BCUT2D eigenvalue weighted by Crippen LogP contribution is -1.92. The Hall–Kier alpha value is -0.580. The van der Waals surface area contributed by atoms with E-state index in [-0.39, 0.29) is 32.7 Å². The van der Waals surface area contributed by atoms with Gasteiger partial charge in [0, 0.05) is 26.7 Å². The first-order valence-electron chi connectivity index (χ1n) is 5.53. The molecule has 0 radical (unpaired) electrons. The van der Waals surface area contributed by atoms with Crippen LogP contribution >= 0.6 is 62.3 Å². The Morgan fingerprint density at radius 2 is 1.52 bits per heavy atom. The van der Waals surface area contributed by atoms with Gasteiger partial charge in [0.1, 0.15) is 16.0 Å². The molecule has 0 aliphatic rings. The second-order valence-corrected chi connectivity index (χ2v) is 6.76. The average molecular weight is 429 g/mol. The molecule has 0 aliphatic carbocycles. The van der Waals surface area contributed by atoms with Gasteiger partial charge in [-0.25, -0.2) is 0 Å². The predicted molar refractivity (Wildman–Crippen MR) is 91.7 cm³/mol. The molecule has 0 fully saturated rings. The van der Waals surface area contributed by atoms with Gasteiger partial charge in [-0.3, -0.25) is 0 Å². The van der Waals surface area contributed by atoms with Crippen LogP contribution in [0.25, 0.3) is 5.57 Å². The van der Waals surface area contributed by atoms with Crippen molar-refractivity contribution in [2.75, 3.05) is 0 Å². The molecule has 0 saturated carbocycles. The largest absolute Gasteiger partial charge is 0.507 e. The zero-order valence-corrected chi connectivity index (χ0v) is 14.8. The van der Waals surface area contributed by atoms with Crippen LogP contribution in [0.3, 0.4) is 0 Å². The summed E-state index contributed by atoms with van der Waals surface area (Å²) in [6.07, 6.45) is 0. The third-order valence-corrected chi connectivity index (χ3v) is 4.15. The Balaban J connectivity index is 2.78. The van der Waals surface area contributed by atoms with Gasteiger partial charge in [0.25, 0.3) is 0 Å². The van der Waals surface area contributed by atoms with Gasteiger partial charge in [-0.15, -0.1) is 0 Å². The van der Waals surface area contributed by atoms with Gasteiger partial charge >= 0.3 is 0 Å². The van der Waals surface area contributed by atoms with Crippen molar-refractivity contribution in [3.63, 3.8) is 0 Å². The molecule has 0 saturated heterocycles. The van der Waals surface area contributed by atoms with Crippen LogP contribution in [0.1, 0.15) is 11.1 Å². The van der Waals surface area contributed by atoms with Crippen molar-refractivity contribution in [1.29, 1.82) is 0 Å². The Morgan fingerprint density at radius 3 is 2.14 bits per heavy atom. The predicted octanol–water partition coefficient (Wildman–Crippen LogP) is 6.36. The molecular formula is C14H7BrCl4O2. The molecule has 2 aromatic carbocycles. The molecule has 2 rings (SSSR count). The standard InChI is InChI=1S/C14H7BrCl4O2/c15-10-5-7(17)4-9(13(10)21)12(14(18)19)8-3-6(16)1-2-11(8)20/h1-5,20-21H. The van der Waals surface area contributed by atoms with Gasteiger partial charge in [-0.2, -0.15) is 0 Å². The highest BCUT2D eigenvalue weighted by Gasteiger charge is 2.19. The van der Waals surface area contributed by atoms with E-state index in [0.29, 0.717) is 14.5 Å². The van der Waals surface area contributed by atoms with Gasteiger partial charge in [0.2, 0.25) is 0 Å². The molecule has 0 heterocycles. The molecule has 0 atom stereocenters. The Kier molecular flexibility index (Phi) is 5.33. The number of hydrogen-bond donors (Lipinski definition) is 2. The molecule has 0 bridgehead atoms. The highest BCUT2D eigenvalue weighted by Crippen LogP contribution is 2.43. The Morgan fingerprint density at radius 1 is 0.905 bits per heavy atom. The summed E-state index contributed by atoms with van der Waals surface area (Å²) in [6, 6.07) is 7.43. The number of phenols is 2. The quantitative estimate of drug-likeness (QED) is 0.584. The number of halogens is 5. The topological polar surface area (TPSA) is 40.5 Å². The van der Waals surface area contributed by atoms with Gasteiger partial charge < -0.3 is 10.2 Å². The van der Waals surface area contributed by atoms with Gasteiger partial charge in [-0.1, -0.05) is 46.4 Å². The monoisotopic (exact) mass is 426 g/mol. The maximum absolute atomic E-state index is 10.2. The molecule has 0 aliphatic heterocycles. The molecule has 2 aromatic rings. The highest BCUT2D eigenvalue weighted by atomic mass is 79.9. The lowest BCUT2D eigenvalue weighted by Gasteiger charge is -2.14. The highest BCUT2D eigenvalue weighted by molar-refractivity contribution is 9.10.